The van der Waals surface area contributed by atoms with Crippen molar-refractivity contribution in [3.8, 4) is 0 Å². The van der Waals surface area contributed by atoms with Crippen molar-refractivity contribution in [1.29, 1.82) is 0 Å². The smallest absolute Gasteiger partial charge is 0.463 e. The highest BCUT2D eigenvalue weighted by Gasteiger charge is 2.51. The maximum atomic E-state index is 11.7. The number of hydrogen-bond donors (Lipinski definition) is 17. The summed E-state index contributed by atoms with van der Waals surface area (Å²) in [6.45, 7) is 36.4. The molecule has 48 nitrogen and oxygen atoms in total. The number of aliphatic hydroxyl groups is 14. The fourth-order valence-electron chi connectivity index (χ4n) is 12.4. The van der Waals surface area contributed by atoms with Gasteiger partial charge in [-0.05, 0) is 134 Å². The van der Waals surface area contributed by atoms with Crippen LogP contribution in [0.5, 0.6) is 0 Å². The molecule has 0 aromatic heterocycles. The Kier molecular flexibility index (Phi) is 58.2. The van der Waals surface area contributed by atoms with Crippen LogP contribution in [0.25, 0.3) is 0 Å². The Labute approximate surface area is 757 Å². The number of phosphoric acid groups is 1. The maximum Gasteiger partial charge on any atom is 0.474 e. The molecule has 0 bridgehead atoms. The van der Waals surface area contributed by atoms with Gasteiger partial charge in [-0.25, -0.2) is 9.36 Å². The molecule has 8 heterocycles. The third kappa shape index (κ3) is 46.7. The summed E-state index contributed by atoms with van der Waals surface area (Å²) in [7, 11) is -5.15. The van der Waals surface area contributed by atoms with Crippen molar-refractivity contribution in [1.82, 2.24) is 10.0 Å². The summed E-state index contributed by atoms with van der Waals surface area (Å²) in [5, 5.41) is 137. The fraction of sp³-hybridized carbons (Fsp3) is 0.962. The number of carbonyl (C=O) groups is 3. The van der Waals surface area contributed by atoms with Gasteiger partial charge in [-0.1, -0.05) is 27.7 Å². The quantitative estimate of drug-likeness (QED) is 0.0183. The number of methoxy groups -OCH3 is 1. The predicted octanol–water partition coefficient (Wildman–Crippen LogP) is -1.91. The van der Waals surface area contributed by atoms with Gasteiger partial charge in [-0.3, -0.25) is 31.5 Å². The standard InChI is InChI=1S/C11H22O.C10H19NO5.C10H21O8P.C10H20O7S.C10H18O6.C9H19NO7S.C9H17NO6.C9H18O5/c1-5-9-6-7-10(12-9)8-11(2,3)4;1-5(2)15-10-9(14)8(13)7(16-10)4-11-6(3)12;1-6(2)17-10-9(12)8(11)7(18-10)5-16-19(13,14-3)15-4;1-6(2)16-10-9(12)8(11)7(17-10)4-5-18(13,14)15-3;1-5(2)15-10-9(13)8(12)7(16-10)4-14-6(3)11;1-5(2)16-9-8(12)7(11)6(17-9)4-10-18(13,14)15-3;1-4(2)15-8-7(12)6(11)5(16-8)3-14-9(10)13;1-5(2)13-9-8(11)7(10)6(14-9)4-12-3/h9-10H,5-8H2,1-4H3;5,7-10,13-14H,4H2,1-3H3,(H,11,12);6-12H,5H2,1-4H3;6-12H,4-5H2,1-3H3;5,7-10,12-13H,4H2,1-3H3;5-12H,4H2,1-3H3;4-8,11-12H,3H2,1-2H3,(H2,10,13);5-11H,4H2,1-3H3/t9-,10-;4*7-,8-,9-,10-;6-,7-,8-,9-;5-,6-,7-,8-;6-,7-,8-,9-/m11111111/s1. The largest absolute Gasteiger partial charge is 0.474 e. The van der Waals surface area contributed by atoms with Crippen molar-refractivity contribution in [3.05, 3.63) is 0 Å². The van der Waals surface area contributed by atoms with Crippen molar-refractivity contribution in [3.63, 3.8) is 0 Å². The van der Waals surface area contributed by atoms with Crippen molar-refractivity contribution < 1.29 is 214 Å². The van der Waals surface area contributed by atoms with Gasteiger partial charge in [-0.15, -0.1) is 0 Å². The Balaban J connectivity index is 0.000000739. The van der Waals surface area contributed by atoms with Crippen LogP contribution in [0.1, 0.15) is 171 Å². The topological polar surface area (TPSA) is 682 Å². The number of aliphatic hydroxyl groups excluding tert-OH is 14. The summed E-state index contributed by atoms with van der Waals surface area (Å²) in [4.78, 5) is 31.7. The first-order valence-electron chi connectivity index (χ1n) is 42.5. The number of nitrogens with two attached hydrogens (primary N) is 1. The van der Waals surface area contributed by atoms with Crippen LogP contribution >= 0.6 is 7.82 Å². The second kappa shape index (κ2) is 60.6. The molecule has 0 aliphatic carbocycles. The average Bonchev–Trinajstić information content (AvgIpc) is 1.71. The minimum Gasteiger partial charge on any atom is -0.463 e. The number of rotatable bonds is 37. The van der Waals surface area contributed by atoms with Crippen LogP contribution < -0.4 is 15.8 Å². The van der Waals surface area contributed by atoms with Gasteiger partial charge in [-0.2, -0.15) is 21.6 Å². The van der Waals surface area contributed by atoms with Gasteiger partial charge in [0.2, 0.25) is 5.91 Å². The molecule has 8 rings (SSSR count). The summed E-state index contributed by atoms with van der Waals surface area (Å²) >= 11 is 0. The highest BCUT2D eigenvalue weighted by atomic mass is 32.2. The van der Waals surface area contributed by atoms with Crippen LogP contribution in [-0.2, 0) is 142 Å². The summed E-state index contributed by atoms with van der Waals surface area (Å²) in [6.07, 6.45) is -23.2. The Hall–Kier alpha value is -3.10. The molecular weight excluding hydrogens is 1790 g/mol. The van der Waals surface area contributed by atoms with E-state index in [1.807, 2.05) is 27.7 Å². The van der Waals surface area contributed by atoms with Gasteiger partial charge in [0.25, 0.3) is 10.1 Å². The van der Waals surface area contributed by atoms with E-state index in [4.69, 9.17) is 90.8 Å². The van der Waals surface area contributed by atoms with Gasteiger partial charge in [0.15, 0.2) is 44.0 Å². The zero-order chi connectivity index (χ0) is 99.3. The number of phosphoric ester groups is 1. The number of nitrogens with one attached hydrogen (secondary N) is 2. The zero-order valence-corrected chi connectivity index (χ0v) is 81.1. The van der Waals surface area contributed by atoms with Gasteiger partial charge in [0.05, 0.1) is 94.2 Å². The van der Waals surface area contributed by atoms with Crippen molar-refractivity contribution in [2.75, 3.05) is 80.8 Å². The van der Waals surface area contributed by atoms with Crippen LogP contribution in [0.4, 0.5) is 4.79 Å². The molecule has 768 valence electrons. The molecule has 8 fully saturated rings. The lowest BCUT2D eigenvalue weighted by Crippen LogP contribution is -2.40. The van der Waals surface area contributed by atoms with Crippen LogP contribution in [0.15, 0.2) is 0 Å². The molecule has 51 heteroatoms. The van der Waals surface area contributed by atoms with E-state index in [0.717, 1.165) is 14.2 Å². The number of amides is 2. The van der Waals surface area contributed by atoms with Gasteiger partial charge >= 0.3 is 30.2 Å². The number of carbonyl (C=O) groups excluding carboxylic acids is 3. The number of primary amides is 1. The molecule has 2 amide bonds. The predicted molar refractivity (Wildman–Crippen MR) is 450 cm³/mol. The number of ether oxygens (including phenoxy) is 18. The first kappa shape index (κ1) is 124. The third-order valence-corrected chi connectivity index (χ3v) is 22.3. The van der Waals surface area contributed by atoms with Crippen LogP contribution in [0.3, 0.4) is 0 Å². The molecule has 0 saturated carbocycles. The molecule has 8 aliphatic heterocycles. The molecule has 30 atom stereocenters. The molecule has 0 aromatic rings. The zero-order valence-electron chi connectivity index (χ0n) is 78.6. The highest BCUT2D eigenvalue weighted by molar-refractivity contribution is 7.86. The molecule has 0 radical (unpaired) electrons. The summed E-state index contributed by atoms with van der Waals surface area (Å²) in [6, 6.07) is 0. The van der Waals surface area contributed by atoms with Crippen LogP contribution in [0, 0.1) is 5.41 Å². The van der Waals surface area contributed by atoms with Crippen molar-refractivity contribution in [2.45, 2.75) is 398 Å². The van der Waals surface area contributed by atoms with E-state index in [1.165, 1.54) is 60.9 Å². The Morgan fingerprint density at radius 3 is 0.984 bits per heavy atom. The lowest BCUT2D eigenvalue weighted by atomic mass is 9.88. The molecule has 8 saturated heterocycles. The SMILES string of the molecule is CC(=O)NC[C@H]1O[C@@H](OC(C)C)[C@H](O)[C@@H]1O.CC(=O)OC[C@H]1O[C@@H](OC(C)C)[C@H](O)[C@@H]1O.CC(C)O[C@@H]1O[C@H](COC(N)=O)[C@@H](O)[C@H]1O.CC[C@@H]1CC[C@H](CC(C)(C)C)O1.COC[C@H]1O[C@@H](OC(C)C)[C@H](O)[C@@H]1O.COP(=O)(OC)OC[C@H]1O[C@@H](OC(C)C)[C@H](O)[C@@H]1O.COS(=O)(=O)CC[C@H]1O[C@@H](OC(C)C)[C@H](O)[C@@H]1O.COS(=O)(=O)NC[C@H]1O[C@@H](OC(C)C)[C@H](O)[C@@H]1O. The summed E-state index contributed by atoms with van der Waals surface area (Å²) in [5.74, 6) is -0.955. The molecule has 129 heavy (non-hydrogen) atoms. The first-order chi connectivity index (χ1) is 59.7. The molecule has 18 N–H and O–H groups in total. The summed E-state index contributed by atoms with van der Waals surface area (Å²) in [5.41, 5.74) is 5.20. The summed E-state index contributed by atoms with van der Waals surface area (Å²) < 4.78 is 174. The number of esters is 1. The van der Waals surface area contributed by atoms with E-state index in [1.54, 1.807) is 69.2 Å². The monoisotopic (exact) mass is 1950 g/mol. The molecule has 0 spiro atoms. The van der Waals surface area contributed by atoms with E-state index < -0.39 is 213 Å². The molecular formula is C78H154N3O45PS2. The molecule has 0 unspecified atom stereocenters. The normalized spacial score (nSPS) is 33.8. The second-order valence-corrected chi connectivity index (χ2v) is 39.0. The lowest BCUT2D eigenvalue weighted by molar-refractivity contribution is -0.189. The molecule has 8 aliphatic rings. The Bertz CT molecular complexity index is 3150. The Morgan fingerprint density at radius 2 is 0.705 bits per heavy atom. The molecule has 0 aromatic carbocycles. The maximum absolute atomic E-state index is 11.7. The third-order valence-electron chi connectivity index (χ3n) is 18.7. The van der Waals surface area contributed by atoms with E-state index in [-0.39, 0.29) is 100 Å². The minimum absolute atomic E-state index is 0.0341. The van der Waals surface area contributed by atoms with Gasteiger partial charge in [0.1, 0.15) is 135 Å². The van der Waals surface area contributed by atoms with Crippen molar-refractivity contribution in [2.24, 2.45) is 11.1 Å². The van der Waals surface area contributed by atoms with Crippen LogP contribution in [0.2, 0.25) is 0 Å². The minimum atomic E-state index is -3.85. The number of hydrogen-bond acceptors (Lipinski definition) is 45. The fourth-order valence-corrected chi connectivity index (χ4v) is 14.3. The van der Waals surface area contributed by atoms with Crippen LogP contribution in [-0.4, -0.2) is 414 Å². The van der Waals surface area contributed by atoms with Gasteiger partial charge in [0, 0.05) is 48.3 Å². The second-order valence-electron chi connectivity index (χ2n) is 33.7. The average molecular weight is 1950 g/mol. The lowest BCUT2D eigenvalue weighted by Gasteiger charge is -2.22. The van der Waals surface area contributed by atoms with E-state index in [0.29, 0.717) is 17.6 Å². The Morgan fingerprint density at radius 1 is 0.411 bits per heavy atom. The van der Waals surface area contributed by atoms with E-state index in [9.17, 15) is 107 Å². The first-order valence-corrected chi connectivity index (χ1v) is 47.0. The van der Waals surface area contributed by atoms with Gasteiger partial charge < -0.3 is 168 Å². The van der Waals surface area contributed by atoms with E-state index in [2.05, 4.69) is 59.9 Å². The van der Waals surface area contributed by atoms with Crippen molar-refractivity contribution >= 4 is 46.2 Å². The highest BCUT2D eigenvalue weighted by Crippen LogP contribution is 2.48. The van der Waals surface area contributed by atoms with E-state index >= 15 is 0 Å².